The third kappa shape index (κ3) is 6.91. The zero-order valence-electron chi connectivity index (χ0n) is 18.1. The number of piperidine rings is 1. The number of rotatable bonds is 5. The molecule has 1 heterocycles. The van der Waals surface area contributed by atoms with Crippen molar-refractivity contribution in [1.82, 2.24) is 9.62 Å². The van der Waals surface area contributed by atoms with E-state index in [4.69, 9.17) is 0 Å². The van der Waals surface area contributed by atoms with Crippen LogP contribution in [0.5, 0.6) is 5.75 Å². The Balaban J connectivity index is 0.00000240. The second-order valence-electron chi connectivity index (χ2n) is 7.96. The van der Waals surface area contributed by atoms with Gasteiger partial charge in [0.15, 0.2) is 11.6 Å². The minimum atomic E-state index is -3.89. The molecule has 3 rings (SSSR count). The lowest BCUT2D eigenvalue weighted by molar-refractivity contribution is -0.120. The van der Waals surface area contributed by atoms with Crippen molar-refractivity contribution in [1.29, 1.82) is 0 Å². The van der Waals surface area contributed by atoms with Crippen molar-refractivity contribution in [3.8, 4) is 5.75 Å². The number of carbonyl (C=O) groups excluding carboxylic acids is 1. The highest BCUT2D eigenvalue weighted by Gasteiger charge is 2.34. The summed E-state index contributed by atoms with van der Waals surface area (Å²) in [6.07, 6.45) is 9.48. The number of aromatic hydroxyl groups is 1. The maximum atomic E-state index is 13.3. The first-order valence-corrected chi connectivity index (χ1v) is 12.0. The van der Waals surface area contributed by atoms with E-state index in [2.05, 4.69) is 5.32 Å². The first-order valence-electron chi connectivity index (χ1n) is 10.5. The smallest absolute Gasteiger partial charge is 0.243 e. The van der Waals surface area contributed by atoms with Crippen molar-refractivity contribution in [3.05, 3.63) is 44.8 Å². The zero-order chi connectivity index (χ0) is 20.9. The van der Waals surface area contributed by atoms with Crippen LogP contribution < -0.4 is 5.32 Å². The molecule has 1 aromatic rings. The molecule has 2 aliphatic rings. The highest BCUT2D eigenvalue weighted by molar-refractivity contribution is 7.89. The van der Waals surface area contributed by atoms with Gasteiger partial charge in [-0.2, -0.15) is 4.31 Å². The Morgan fingerprint density at radius 2 is 1.71 bits per heavy atom. The molecule has 2 N–H and O–H groups in total. The number of halogens is 1. The molecule has 1 atom stereocenters. The van der Waals surface area contributed by atoms with E-state index >= 15 is 0 Å². The predicted octanol–water partition coefficient (Wildman–Crippen LogP) is 4.16. The number of nitrogens with zero attached hydrogens (tertiary/aromatic N) is 1. The Morgan fingerprint density at radius 1 is 1.06 bits per heavy atom. The number of carbonyl (C=O) groups is 1. The molecule has 6 nitrogen and oxygen atoms in total. The maximum Gasteiger partial charge on any atom is 0.243 e. The molecule has 1 unspecified atom stereocenters. The van der Waals surface area contributed by atoms with Crippen LogP contribution in [0.15, 0.2) is 23.1 Å². The molecule has 1 saturated heterocycles. The monoisotopic (exact) mass is 453 g/mol. The molecule has 0 bridgehead atoms. The molecule has 0 spiro atoms. The van der Waals surface area contributed by atoms with E-state index in [0.717, 1.165) is 69.4 Å². The number of hydrogen-bond donors (Lipinski definition) is 2. The van der Waals surface area contributed by atoms with E-state index in [0.29, 0.717) is 13.0 Å². The summed E-state index contributed by atoms with van der Waals surface area (Å²) in [4.78, 5) is 12.5. The average molecular weight is 454 g/mol. The van der Waals surface area contributed by atoms with Gasteiger partial charge in [-0.25, -0.2) is 12.8 Å². The first-order chi connectivity index (χ1) is 13.9. The van der Waals surface area contributed by atoms with Crippen LogP contribution in [0.1, 0.15) is 64.2 Å². The van der Waals surface area contributed by atoms with Gasteiger partial charge >= 0.3 is 0 Å². The van der Waals surface area contributed by atoms with Gasteiger partial charge in [-0.3, -0.25) is 4.79 Å². The average Bonchev–Trinajstić information content (AvgIpc) is 2.68. The van der Waals surface area contributed by atoms with Crippen molar-refractivity contribution in [2.24, 2.45) is 0 Å². The van der Waals surface area contributed by atoms with Gasteiger partial charge in [-0.15, -0.1) is 0 Å². The fraction of sp³-hybridized carbons (Fsp3) is 0.565. The lowest BCUT2D eigenvalue weighted by Gasteiger charge is -2.35. The summed E-state index contributed by atoms with van der Waals surface area (Å²) >= 11 is 0. The number of hydrogen-bond acceptors (Lipinski definition) is 4. The largest absolute Gasteiger partial charge is 0.505 e. The molecule has 173 valence electrons. The number of benzene rings is 1. The van der Waals surface area contributed by atoms with Gasteiger partial charge in [0.25, 0.3) is 0 Å². The fourth-order valence-corrected chi connectivity index (χ4v) is 5.89. The summed E-state index contributed by atoms with van der Waals surface area (Å²) in [5, 5.41) is 12.5. The molecule has 1 aliphatic carbocycles. The number of amides is 1. The van der Waals surface area contributed by atoms with Gasteiger partial charge in [-0.1, -0.05) is 53.4 Å². The van der Waals surface area contributed by atoms with E-state index in [9.17, 15) is 22.7 Å². The minimum Gasteiger partial charge on any atom is -0.505 e. The second kappa shape index (κ2) is 12.4. The second-order valence-corrected chi connectivity index (χ2v) is 9.85. The van der Waals surface area contributed by atoms with Crippen LogP contribution in [0.25, 0.3) is 0 Å². The van der Waals surface area contributed by atoms with Crippen molar-refractivity contribution < 1.29 is 22.7 Å². The minimum absolute atomic E-state index is 0. The molecule has 1 amide bonds. The van der Waals surface area contributed by atoms with Gasteiger partial charge < -0.3 is 10.4 Å². The summed E-state index contributed by atoms with van der Waals surface area (Å²) in [5.41, 5.74) is 0. The van der Waals surface area contributed by atoms with Crippen LogP contribution in [-0.2, 0) is 14.8 Å². The van der Waals surface area contributed by atoms with Crippen LogP contribution in [0.3, 0.4) is 0 Å². The fourth-order valence-electron chi connectivity index (χ4n) is 4.18. The Hall–Kier alpha value is -1.67. The van der Waals surface area contributed by atoms with Gasteiger partial charge in [-0.05, 0) is 37.8 Å². The van der Waals surface area contributed by atoms with Crippen molar-refractivity contribution >= 4 is 15.9 Å². The third-order valence-corrected chi connectivity index (χ3v) is 7.82. The van der Waals surface area contributed by atoms with Crippen molar-refractivity contribution in [2.75, 3.05) is 13.1 Å². The molecule has 1 saturated carbocycles. The lowest BCUT2D eigenvalue weighted by Crippen LogP contribution is -2.49. The highest BCUT2D eigenvalue weighted by atomic mass is 32.2. The molecule has 0 aromatic heterocycles. The summed E-state index contributed by atoms with van der Waals surface area (Å²) in [5.74, 6) is -0.691. The van der Waals surface area contributed by atoms with E-state index in [1.54, 1.807) is 0 Å². The van der Waals surface area contributed by atoms with Crippen molar-refractivity contribution in [2.45, 2.75) is 75.1 Å². The van der Waals surface area contributed by atoms with Crippen LogP contribution in [-0.4, -0.2) is 42.9 Å². The molecule has 31 heavy (non-hydrogen) atoms. The summed E-state index contributed by atoms with van der Waals surface area (Å²) in [7, 11) is -3.89. The van der Waals surface area contributed by atoms with Crippen LogP contribution >= 0.6 is 0 Å². The molecule has 1 aliphatic heterocycles. The van der Waals surface area contributed by atoms with E-state index in [-0.39, 0.29) is 38.2 Å². The molecule has 8 heteroatoms. The maximum absolute atomic E-state index is 13.3. The molecule has 1 aromatic carbocycles. The topological polar surface area (TPSA) is 86.7 Å². The first kappa shape index (κ1) is 27.4. The van der Waals surface area contributed by atoms with Gasteiger partial charge in [0.05, 0.1) is 10.8 Å². The Morgan fingerprint density at radius 3 is 2.35 bits per heavy atom. The molecule has 5 radical (unpaired) electrons. The Kier molecular flexibility index (Phi) is 10.9. The van der Waals surface area contributed by atoms with E-state index in [1.165, 1.54) is 16.8 Å². The Labute approximate surface area is 187 Å². The van der Waals surface area contributed by atoms with E-state index in [1.807, 2.05) is 0 Å². The van der Waals surface area contributed by atoms with Gasteiger partial charge in [0, 0.05) is 25.2 Å². The normalized spacial score (nSPS) is 21.1. The van der Waals surface area contributed by atoms with Crippen molar-refractivity contribution in [3.63, 3.8) is 0 Å². The Bertz CT molecular complexity index is 808. The number of phenols is 1. The highest BCUT2D eigenvalue weighted by Crippen LogP contribution is 2.28. The quantitative estimate of drug-likeness (QED) is 0.701. The predicted molar refractivity (Wildman–Crippen MR) is 119 cm³/mol. The third-order valence-electron chi connectivity index (χ3n) is 5.87. The van der Waals surface area contributed by atoms with E-state index < -0.39 is 21.6 Å². The standard InChI is InChI=1S/C21H30FN2O4S.2CH2/c22-19-12-11-18(14-20(19)25)29(27,28)24-13-7-6-10-17(24)15-23-21(26)16-8-4-2-1-3-5-9-16;;/h11-12,14,17,25H,1-10,13,15H2,(H,23,26);2*1H2. The molecular weight excluding hydrogens is 419 g/mol. The van der Waals surface area contributed by atoms with Gasteiger partial charge in [0.1, 0.15) is 0 Å². The summed E-state index contributed by atoms with van der Waals surface area (Å²) in [6.45, 7) is 0.603. The molecular formula is C23H34FN2O4S. The number of sulfonamides is 1. The van der Waals surface area contributed by atoms with Crippen LogP contribution in [0.4, 0.5) is 4.39 Å². The summed E-state index contributed by atoms with van der Waals surface area (Å²) < 4.78 is 40.9. The van der Waals surface area contributed by atoms with Gasteiger partial charge in [0.2, 0.25) is 15.9 Å². The van der Waals surface area contributed by atoms with Crippen LogP contribution in [0, 0.1) is 26.6 Å². The number of nitrogens with one attached hydrogen (secondary N) is 1. The van der Waals surface area contributed by atoms with Crippen LogP contribution in [0.2, 0.25) is 0 Å². The number of phenolic OH excluding ortho intramolecular Hbond substituents is 1. The zero-order valence-corrected chi connectivity index (χ0v) is 18.9. The summed E-state index contributed by atoms with van der Waals surface area (Å²) in [6, 6.07) is 2.71. The molecule has 2 fully saturated rings. The SMILES string of the molecule is O=C(NCC1CCCCN1S(=O)(=O)c1ccc(F)c(O)c1)[C]1CCCCCCC1.[CH2].[CH2]. The lowest BCUT2D eigenvalue weighted by atomic mass is 9.90.